The standard InChI is InChI=1S/C15H15F2N3O.C13H18O/c1-9-19-13-11(20(9)15(2)4-3-5-15)6-10(8-18)7-12(13)21-14(16)17;1-3-7-13(14)10-11(2)12-8-5-4-6-9-12/h6-7,14H,3-5H2,1-2H3;4-6,8-9,11H,3,7,10H2,1-2H3. The number of ether oxygens (including phenoxy) is 1. The van der Waals surface area contributed by atoms with Crippen LogP contribution in [0.5, 0.6) is 5.75 Å². The second kappa shape index (κ2) is 11.4. The van der Waals surface area contributed by atoms with E-state index >= 15 is 0 Å². The number of ketones is 1. The van der Waals surface area contributed by atoms with Gasteiger partial charge in [-0.1, -0.05) is 44.2 Å². The summed E-state index contributed by atoms with van der Waals surface area (Å²) in [6.45, 7) is 5.19. The zero-order chi connectivity index (χ0) is 25.6. The number of benzene rings is 2. The monoisotopic (exact) mass is 481 g/mol. The molecule has 1 aliphatic carbocycles. The Morgan fingerprint density at radius 2 is 1.94 bits per heavy atom. The van der Waals surface area contributed by atoms with Gasteiger partial charge in [-0.3, -0.25) is 4.79 Å². The van der Waals surface area contributed by atoms with E-state index in [1.54, 1.807) is 6.07 Å². The number of aromatic nitrogens is 2. The van der Waals surface area contributed by atoms with Crippen LogP contribution in [-0.2, 0) is 10.3 Å². The van der Waals surface area contributed by atoms with E-state index in [0.29, 0.717) is 34.7 Å². The van der Waals surface area contributed by atoms with Crippen molar-refractivity contribution < 1.29 is 18.3 Å². The maximum absolute atomic E-state index is 12.6. The second-order valence-electron chi connectivity index (χ2n) is 9.48. The minimum absolute atomic E-state index is 0.0381. The third-order valence-electron chi connectivity index (χ3n) is 6.64. The number of nitrogens with zero attached hydrogens (tertiary/aromatic N) is 3. The summed E-state index contributed by atoms with van der Waals surface area (Å²) in [5.41, 5.74) is 2.57. The highest BCUT2D eigenvalue weighted by atomic mass is 19.3. The van der Waals surface area contributed by atoms with Crippen LogP contribution in [0.25, 0.3) is 11.0 Å². The Bertz CT molecular complexity index is 1190. The predicted molar refractivity (Wildman–Crippen MR) is 133 cm³/mol. The molecule has 1 aliphatic rings. The van der Waals surface area contributed by atoms with Crippen molar-refractivity contribution in [2.45, 2.75) is 84.3 Å². The fraction of sp³-hybridized carbons (Fsp3) is 0.464. The van der Waals surface area contributed by atoms with Crippen molar-refractivity contribution in [3.8, 4) is 11.8 Å². The molecule has 1 unspecified atom stereocenters. The molecule has 0 radical (unpaired) electrons. The number of carbonyl (C=O) groups is 1. The SMILES string of the molecule is CCCC(=O)CC(C)c1ccccc1.Cc1nc2c(OC(F)F)cc(C#N)cc2n1C1(C)CCC1. The Hall–Kier alpha value is -3.27. The number of nitriles is 1. The average molecular weight is 482 g/mol. The van der Waals surface area contributed by atoms with Crippen molar-refractivity contribution in [3.05, 3.63) is 59.4 Å². The van der Waals surface area contributed by atoms with Gasteiger partial charge in [0.25, 0.3) is 0 Å². The minimum atomic E-state index is -2.94. The summed E-state index contributed by atoms with van der Waals surface area (Å²) in [7, 11) is 0. The summed E-state index contributed by atoms with van der Waals surface area (Å²) >= 11 is 0. The first kappa shape index (κ1) is 26.3. The molecule has 186 valence electrons. The van der Waals surface area contributed by atoms with Gasteiger partial charge in [-0.25, -0.2) is 4.98 Å². The molecule has 2 aromatic carbocycles. The van der Waals surface area contributed by atoms with E-state index in [1.807, 2.05) is 42.7 Å². The van der Waals surface area contributed by atoms with Crippen LogP contribution in [0.4, 0.5) is 8.78 Å². The Balaban J connectivity index is 0.000000214. The molecule has 0 aliphatic heterocycles. The molecule has 3 aromatic rings. The number of Topliss-reactive ketones (excluding diaryl/α,β-unsaturated/α-hetero) is 1. The van der Waals surface area contributed by atoms with Crippen LogP contribution in [0.2, 0.25) is 0 Å². The zero-order valence-electron chi connectivity index (χ0n) is 20.9. The lowest BCUT2D eigenvalue weighted by Gasteiger charge is -2.41. The molecule has 0 bridgehead atoms. The van der Waals surface area contributed by atoms with Crippen molar-refractivity contribution >= 4 is 16.8 Å². The summed E-state index contributed by atoms with van der Waals surface area (Å²) in [5.74, 6) is 1.45. The van der Waals surface area contributed by atoms with Gasteiger partial charge in [-0.2, -0.15) is 14.0 Å². The molecule has 1 saturated carbocycles. The molecule has 35 heavy (non-hydrogen) atoms. The van der Waals surface area contributed by atoms with Crippen molar-refractivity contribution in [2.75, 3.05) is 0 Å². The molecular formula is C28H33F2N3O2. The summed E-state index contributed by atoms with van der Waals surface area (Å²) < 4.78 is 31.7. The largest absolute Gasteiger partial charge is 0.432 e. The topological polar surface area (TPSA) is 67.9 Å². The number of aryl methyl sites for hydroxylation is 1. The maximum Gasteiger partial charge on any atom is 0.387 e. The smallest absolute Gasteiger partial charge is 0.387 e. The van der Waals surface area contributed by atoms with Crippen LogP contribution in [0.15, 0.2) is 42.5 Å². The summed E-state index contributed by atoms with van der Waals surface area (Å²) in [5, 5.41) is 9.10. The van der Waals surface area contributed by atoms with E-state index in [4.69, 9.17) is 5.26 Å². The lowest BCUT2D eigenvalue weighted by molar-refractivity contribution is -0.119. The zero-order valence-corrected chi connectivity index (χ0v) is 20.9. The Morgan fingerprint density at radius 1 is 1.26 bits per heavy atom. The molecule has 4 rings (SSSR count). The number of carbonyl (C=O) groups excluding carboxylic acids is 1. The number of imidazole rings is 1. The molecule has 7 heteroatoms. The molecule has 1 heterocycles. The molecular weight excluding hydrogens is 448 g/mol. The fourth-order valence-electron chi connectivity index (χ4n) is 4.73. The van der Waals surface area contributed by atoms with Gasteiger partial charge >= 0.3 is 6.61 Å². The first-order valence-electron chi connectivity index (χ1n) is 12.1. The first-order chi connectivity index (χ1) is 16.7. The highest BCUT2D eigenvalue weighted by molar-refractivity contribution is 5.84. The van der Waals surface area contributed by atoms with Crippen LogP contribution in [0.3, 0.4) is 0 Å². The van der Waals surface area contributed by atoms with Gasteiger partial charge in [0.15, 0.2) is 5.75 Å². The second-order valence-corrected chi connectivity index (χ2v) is 9.48. The predicted octanol–water partition coefficient (Wildman–Crippen LogP) is 7.27. The molecule has 5 nitrogen and oxygen atoms in total. The highest BCUT2D eigenvalue weighted by Gasteiger charge is 2.36. The van der Waals surface area contributed by atoms with Gasteiger partial charge < -0.3 is 9.30 Å². The molecule has 0 amide bonds. The molecule has 1 fully saturated rings. The highest BCUT2D eigenvalue weighted by Crippen LogP contribution is 2.43. The van der Waals surface area contributed by atoms with E-state index in [2.05, 4.69) is 35.7 Å². The first-order valence-corrected chi connectivity index (χ1v) is 12.1. The minimum Gasteiger partial charge on any atom is -0.432 e. The van der Waals surface area contributed by atoms with E-state index in [1.165, 1.54) is 11.6 Å². The fourth-order valence-corrected chi connectivity index (χ4v) is 4.73. The third-order valence-corrected chi connectivity index (χ3v) is 6.64. The summed E-state index contributed by atoms with van der Waals surface area (Å²) in [6, 6.07) is 15.2. The van der Waals surface area contributed by atoms with Gasteiger partial charge in [-0.15, -0.1) is 0 Å². The lowest BCUT2D eigenvalue weighted by atomic mass is 9.78. The normalized spacial score (nSPS) is 15.0. The van der Waals surface area contributed by atoms with Gasteiger partial charge in [0.1, 0.15) is 17.1 Å². The lowest BCUT2D eigenvalue weighted by Crippen LogP contribution is -2.37. The number of alkyl halides is 2. The Morgan fingerprint density at radius 3 is 2.49 bits per heavy atom. The van der Waals surface area contributed by atoms with Gasteiger partial charge in [-0.05, 0) is 57.1 Å². The van der Waals surface area contributed by atoms with E-state index in [0.717, 1.165) is 37.9 Å². The van der Waals surface area contributed by atoms with Crippen molar-refractivity contribution in [3.63, 3.8) is 0 Å². The number of halogens is 2. The Kier molecular flexibility index (Phi) is 8.61. The van der Waals surface area contributed by atoms with Crippen LogP contribution >= 0.6 is 0 Å². The van der Waals surface area contributed by atoms with Crippen LogP contribution < -0.4 is 4.74 Å². The van der Waals surface area contributed by atoms with Crippen LogP contribution in [0, 0.1) is 18.3 Å². The molecule has 0 N–H and O–H groups in total. The van der Waals surface area contributed by atoms with E-state index in [-0.39, 0.29) is 11.3 Å². The van der Waals surface area contributed by atoms with Crippen molar-refractivity contribution in [1.29, 1.82) is 5.26 Å². The summed E-state index contributed by atoms with van der Waals surface area (Å²) in [6.07, 6.45) is 5.52. The summed E-state index contributed by atoms with van der Waals surface area (Å²) in [4.78, 5) is 15.8. The average Bonchev–Trinajstić information content (AvgIpc) is 3.14. The quantitative estimate of drug-likeness (QED) is 0.339. The molecule has 1 aromatic heterocycles. The third kappa shape index (κ3) is 6.25. The van der Waals surface area contributed by atoms with Gasteiger partial charge in [0.2, 0.25) is 0 Å². The van der Waals surface area contributed by atoms with E-state index in [9.17, 15) is 13.6 Å². The van der Waals surface area contributed by atoms with Gasteiger partial charge in [0.05, 0.1) is 17.1 Å². The van der Waals surface area contributed by atoms with Crippen molar-refractivity contribution in [2.24, 2.45) is 0 Å². The molecule has 0 spiro atoms. The molecule has 1 atom stereocenters. The number of hydrogen-bond acceptors (Lipinski definition) is 4. The van der Waals surface area contributed by atoms with Crippen molar-refractivity contribution in [1.82, 2.24) is 9.55 Å². The number of rotatable bonds is 8. The number of fused-ring (bicyclic) bond motifs is 1. The maximum atomic E-state index is 12.6. The van der Waals surface area contributed by atoms with E-state index < -0.39 is 6.61 Å². The van der Waals surface area contributed by atoms with Gasteiger partial charge in [0, 0.05) is 24.4 Å². The van der Waals surface area contributed by atoms with Crippen LogP contribution in [0.1, 0.15) is 82.2 Å². The molecule has 0 saturated heterocycles. The van der Waals surface area contributed by atoms with Crippen LogP contribution in [-0.4, -0.2) is 21.9 Å². The number of hydrogen-bond donors (Lipinski definition) is 0. The Labute approximate surface area is 205 Å².